The van der Waals surface area contributed by atoms with E-state index in [0.717, 1.165) is 6.42 Å². The zero-order chi connectivity index (χ0) is 12.8. The van der Waals surface area contributed by atoms with Crippen LogP contribution in [0.4, 0.5) is 0 Å². The average Bonchev–Trinajstić information content (AvgIpc) is 2.99. The number of rotatable bonds is 2. The first-order valence-corrected chi connectivity index (χ1v) is 7.31. The van der Waals surface area contributed by atoms with Crippen LogP contribution in [0.25, 0.3) is 0 Å². The van der Waals surface area contributed by atoms with Gasteiger partial charge < -0.3 is 4.90 Å². The third-order valence-corrected chi connectivity index (χ3v) is 5.40. The van der Waals surface area contributed by atoms with Gasteiger partial charge in [-0.1, -0.05) is 0 Å². The highest BCUT2D eigenvalue weighted by Crippen LogP contribution is 2.26. The van der Waals surface area contributed by atoms with Gasteiger partial charge in [0.05, 0.1) is 6.20 Å². The fourth-order valence-corrected chi connectivity index (χ4v) is 3.96. The standard InChI is InChI=1S/C10H14N4O3S/c15-10-2-1-8-7-13(3-4-14(8)10)18(16,17)9-5-11-12-6-9/h5-6,8H,1-4,7H2,(H,11,12). The number of nitrogens with zero attached hydrogens (tertiary/aromatic N) is 3. The highest BCUT2D eigenvalue weighted by molar-refractivity contribution is 7.89. The Balaban J connectivity index is 1.82. The highest BCUT2D eigenvalue weighted by atomic mass is 32.2. The van der Waals surface area contributed by atoms with Gasteiger partial charge in [-0.2, -0.15) is 9.40 Å². The van der Waals surface area contributed by atoms with Crippen molar-refractivity contribution in [2.24, 2.45) is 0 Å². The van der Waals surface area contributed by atoms with Gasteiger partial charge >= 0.3 is 0 Å². The summed E-state index contributed by atoms with van der Waals surface area (Å²) in [6.07, 6.45) is 3.96. The van der Waals surface area contributed by atoms with Crippen molar-refractivity contribution < 1.29 is 13.2 Å². The zero-order valence-corrected chi connectivity index (χ0v) is 10.6. The van der Waals surface area contributed by atoms with Gasteiger partial charge in [0.15, 0.2) is 0 Å². The zero-order valence-electron chi connectivity index (χ0n) is 9.74. The molecule has 7 nitrogen and oxygen atoms in total. The summed E-state index contributed by atoms with van der Waals surface area (Å²) in [7, 11) is -3.47. The Morgan fingerprint density at radius 1 is 1.39 bits per heavy atom. The molecule has 0 bridgehead atoms. The van der Waals surface area contributed by atoms with Gasteiger partial charge in [-0.05, 0) is 6.42 Å². The van der Waals surface area contributed by atoms with E-state index in [4.69, 9.17) is 0 Å². The number of fused-ring (bicyclic) bond motifs is 1. The van der Waals surface area contributed by atoms with Crippen LogP contribution in [-0.2, 0) is 14.8 Å². The average molecular weight is 270 g/mol. The summed E-state index contributed by atoms with van der Waals surface area (Å²) < 4.78 is 26.0. The van der Waals surface area contributed by atoms with E-state index in [2.05, 4.69) is 10.2 Å². The molecule has 1 N–H and O–H groups in total. The van der Waals surface area contributed by atoms with Crippen molar-refractivity contribution in [3.05, 3.63) is 12.4 Å². The van der Waals surface area contributed by atoms with E-state index < -0.39 is 10.0 Å². The lowest BCUT2D eigenvalue weighted by molar-refractivity contribution is -0.130. The fourth-order valence-electron chi connectivity index (χ4n) is 2.58. The van der Waals surface area contributed by atoms with Crippen molar-refractivity contribution >= 4 is 15.9 Å². The summed E-state index contributed by atoms with van der Waals surface area (Å²) in [5.41, 5.74) is 0. The molecule has 1 amide bonds. The molecule has 1 atom stereocenters. The van der Waals surface area contributed by atoms with Gasteiger partial charge in [-0.15, -0.1) is 0 Å². The van der Waals surface area contributed by atoms with E-state index in [-0.39, 0.29) is 16.8 Å². The molecule has 2 saturated heterocycles. The summed E-state index contributed by atoms with van der Waals surface area (Å²) in [4.78, 5) is 13.5. The number of hydrogen-bond acceptors (Lipinski definition) is 4. The van der Waals surface area contributed by atoms with Gasteiger partial charge in [0.25, 0.3) is 0 Å². The third kappa shape index (κ3) is 1.72. The summed E-state index contributed by atoms with van der Waals surface area (Å²) in [5.74, 6) is 0.139. The van der Waals surface area contributed by atoms with Crippen LogP contribution in [0.5, 0.6) is 0 Å². The number of sulfonamides is 1. The maximum atomic E-state index is 12.3. The minimum Gasteiger partial charge on any atom is -0.337 e. The maximum Gasteiger partial charge on any atom is 0.246 e. The van der Waals surface area contributed by atoms with Crippen LogP contribution in [-0.4, -0.2) is 59.4 Å². The number of amides is 1. The summed E-state index contributed by atoms with van der Waals surface area (Å²) >= 11 is 0. The Morgan fingerprint density at radius 2 is 2.22 bits per heavy atom. The molecule has 0 saturated carbocycles. The second kappa shape index (κ2) is 4.06. The first-order chi connectivity index (χ1) is 8.59. The minimum atomic E-state index is -3.47. The molecule has 0 aliphatic carbocycles. The van der Waals surface area contributed by atoms with Crippen molar-refractivity contribution in [3.8, 4) is 0 Å². The van der Waals surface area contributed by atoms with Crippen molar-refractivity contribution in [3.63, 3.8) is 0 Å². The first-order valence-electron chi connectivity index (χ1n) is 5.87. The molecule has 2 aliphatic rings. The van der Waals surface area contributed by atoms with Gasteiger partial charge in [-0.3, -0.25) is 9.89 Å². The number of carbonyl (C=O) groups is 1. The number of piperazine rings is 1. The Bertz CT molecular complexity index is 554. The second-order valence-corrected chi connectivity index (χ2v) is 6.51. The molecule has 0 radical (unpaired) electrons. The number of aromatic nitrogens is 2. The van der Waals surface area contributed by atoms with Crippen LogP contribution in [0.15, 0.2) is 17.3 Å². The van der Waals surface area contributed by atoms with Gasteiger partial charge in [0.2, 0.25) is 15.9 Å². The molecular weight excluding hydrogens is 256 g/mol. The molecule has 1 aromatic heterocycles. The van der Waals surface area contributed by atoms with E-state index >= 15 is 0 Å². The molecule has 2 aliphatic heterocycles. The van der Waals surface area contributed by atoms with Crippen molar-refractivity contribution in [1.29, 1.82) is 0 Å². The molecule has 1 unspecified atom stereocenters. The smallest absolute Gasteiger partial charge is 0.246 e. The predicted octanol–water partition coefficient (Wildman–Crippen LogP) is -0.595. The lowest BCUT2D eigenvalue weighted by Gasteiger charge is -2.36. The second-order valence-electron chi connectivity index (χ2n) is 4.58. The van der Waals surface area contributed by atoms with Crippen LogP contribution in [0.2, 0.25) is 0 Å². The topological polar surface area (TPSA) is 86.4 Å². The Kier molecular flexibility index (Phi) is 2.63. The molecule has 3 rings (SSSR count). The lowest BCUT2D eigenvalue weighted by Crippen LogP contribution is -2.53. The van der Waals surface area contributed by atoms with Gasteiger partial charge in [-0.25, -0.2) is 8.42 Å². The van der Waals surface area contributed by atoms with Gasteiger partial charge in [0, 0.05) is 38.3 Å². The first kappa shape index (κ1) is 11.7. The Morgan fingerprint density at radius 3 is 2.94 bits per heavy atom. The third-order valence-electron chi connectivity index (χ3n) is 3.57. The van der Waals surface area contributed by atoms with E-state index in [0.29, 0.717) is 26.1 Å². The lowest BCUT2D eigenvalue weighted by atomic mass is 10.2. The van der Waals surface area contributed by atoms with Crippen LogP contribution < -0.4 is 0 Å². The number of H-pyrrole nitrogens is 1. The highest BCUT2D eigenvalue weighted by Gasteiger charge is 2.39. The monoisotopic (exact) mass is 270 g/mol. The van der Waals surface area contributed by atoms with E-state index in [9.17, 15) is 13.2 Å². The summed E-state index contributed by atoms with van der Waals surface area (Å²) in [6.45, 7) is 1.23. The molecule has 2 fully saturated rings. The Labute approximate surface area is 105 Å². The van der Waals surface area contributed by atoms with E-state index in [1.165, 1.54) is 16.7 Å². The molecule has 0 aromatic carbocycles. The van der Waals surface area contributed by atoms with Crippen LogP contribution in [0.3, 0.4) is 0 Å². The predicted molar refractivity (Wildman–Crippen MR) is 62.1 cm³/mol. The molecular formula is C10H14N4O3S. The number of hydrogen-bond donors (Lipinski definition) is 1. The molecule has 3 heterocycles. The Hall–Kier alpha value is -1.41. The van der Waals surface area contributed by atoms with Gasteiger partial charge in [0.1, 0.15) is 4.90 Å². The normalized spacial score (nSPS) is 25.4. The summed E-state index contributed by atoms with van der Waals surface area (Å²) in [5, 5.41) is 6.17. The molecule has 0 spiro atoms. The van der Waals surface area contributed by atoms with E-state index in [1.807, 2.05) is 0 Å². The molecule has 8 heteroatoms. The quantitative estimate of drug-likeness (QED) is 0.778. The largest absolute Gasteiger partial charge is 0.337 e. The van der Waals surface area contributed by atoms with Crippen molar-refractivity contribution in [1.82, 2.24) is 19.4 Å². The molecule has 98 valence electrons. The van der Waals surface area contributed by atoms with Crippen LogP contribution in [0, 0.1) is 0 Å². The SMILES string of the molecule is O=C1CCC2CN(S(=O)(=O)c3cn[nH]c3)CCN12. The summed E-state index contributed by atoms with van der Waals surface area (Å²) in [6, 6.07) is 0.0351. The number of aromatic amines is 1. The van der Waals surface area contributed by atoms with Crippen LogP contribution in [0.1, 0.15) is 12.8 Å². The molecule has 1 aromatic rings. The fraction of sp³-hybridized carbons (Fsp3) is 0.600. The van der Waals surface area contributed by atoms with Crippen molar-refractivity contribution in [2.75, 3.05) is 19.6 Å². The van der Waals surface area contributed by atoms with Crippen molar-refractivity contribution in [2.45, 2.75) is 23.8 Å². The van der Waals surface area contributed by atoms with Crippen LogP contribution >= 0.6 is 0 Å². The molecule has 18 heavy (non-hydrogen) atoms. The number of carbonyl (C=O) groups excluding carboxylic acids is 1. The minimum absolute atomic E-state index is 0.0351. The maximum absolute atomic E-state index is 12.3. The number of nitrogens with one attached hydrogen (secondary N) is 1. The van der Waals surface area contributed by atoms with E-state index in [1.54, 1.807) is 4.90 Å².